The topological polar surface area (TPSA) is 38.3 Å². The van der Waals surface area contributed by atoms with E-state index in [1.165, 1.54) is 11.8 Å². The Labute approximate surface area is 145 Å². The summed E-state index contributed by atoms with van der Waals surface area (Å²) in [7, 11) is 0. The molecule has 2 aromatic carbocycles. The molecule has 6 heteroatoms. The average molecular weight is 392 g/mol. The lowest BCUT2D eigenvalue weighted by atomic mass is 10.2. The molecule has 0 unspecified atom stereocenters. The second-order valence-electron chi connectivity index (χ2n) is 4.45. The molecule has 1 amide bonds. The van der Waals surface area contributed by atoms with Gasteiger partial charge >= 0.3 is 0 Å². The molecule has 1 saturated heterocycles. The first-order valence-electron chi connectivity index (χ1n) is 6.39. The van der Waals surface area contributed by atoms with Gasteiger partial charge in [-0.1, -0.05) is 58.1 Å². The van der Waals surface area contributed by atoms with Crippen LogP contribution in [0.15, 0.2) is 57.9 Å². The van der Waals surface area contributed by atoms with E-state index in [4.69, 9.17) is 17.0 Å². The van der Waals surface area contributed by atoms with E-state index < -0.39 is 0 Å². The number of para-hydroxylation sites is 1. The highest BCUT2D eigenvalue weighted by atomic mass is 79.9. The molecule has 1 heterocycles. The predicted octanol–water partition coefficient (Wildman–Crippen LogP) is 4.73. The number of hydrogen-bond donors (Lipinski definition) is 1. The summed E-state index contributed by atoms with van der Waals surface area (Å²) in [6, 6.07) is 15.2. The van der Waals surface area contributed by atoms with Crippen LogP contribution >= 0.6 is 39.9 Å². The Hall–Kier alpha value is -1.63. The number of nitrogens with one attached hydrogen (secondary N) is 1. The Morgan fingerprint density at radius 1 is 1.18 bits per heavy atom. The van der Waals surface area contributed by atoms with Gasteiger partial charge in [0.2, 0.25) is 0 Å². The van der Waals surface area contributed by atoms with Gasteiger partial charge in [0.1, 0.15) is 15.8 Å². The molecular weight excluding hydrogens is 382 g/mol. The molecule has 0 aliphatic carbocycles. The molecule has 0 bridgehead atoms. The Bertz CT molecular complexity index is 775. The molecule has 1 aliphatic rings. The molecule has 0 saturated carbocycles. The van der Waals surface area contributed by atoms with Crippen LogP contribution in [0.4, 0.5) is 0 Å². The van der Waals surface area contributed by atoms with E-state index in [1.54, 1.807) is 6.08 Å². The zero-order valence-corrected chi connectivity index (χ0v) is 14.4. The molecule has 0 spiro atoms. The zero-order chi connectivity index (χ0) is 15.5. The minimum atomic E-state index is -0.180. The summed E-state index contributed by atoms with van der Waals surface area (Å²) in [5, 5.41) is 2.61. The first-order valence-corrected chi connectivity index (χ1v) is 8.41. The zero-order valence-electron chi connectivity index (χ0n) is 11.2. The number of hydrogen-bond acceptors (Lipinski definition) is 4. The summed E-state index contributed by atoms with van der Waals surface area (Å²) >= 11 is 9.69. The summed E-state index contributed by atoms with van der Waals surface area (Å²) in [6.07, 6.45) is 1.78. The van der Waals surface area contributed by atoms with Crippen molar-refractivity contribution in [1.29, 1.82) is 0 Å². The monoisotopic (exact) mass is 391 g/mol. The fraction of sp³-hybridized carbons (Fsp3) is 0. The van der Waals surface area contributed by atoms with Gasteiger partial charge in [0.05, 0.1) is 4.91 Å². The van der Waals surface area contributed by atoms with Crippen LogP contribution in [-0.2, 0) is 4.79 Å². The number of carbonyl (C=O) groups excluding carboxylic acids is 1. The average Bonchev–Trinajstić information content (AvgIpc) is 2.81. The highest BCUT2D eigenvalue weighted by molar-refractivity contribution is 9.10. The highest BCUT2D eigenvalue weighted by Gasteiger charge is 2.22. The summed E-state index contributed by atoms with van der Waals surface area (Å²) < 4.78 is 7.27. The summed E-state index contributed by atoms with van der Waals surface area (Å²) in [6.45, 7) is 0. The van der Waals surface area contributed by atoms with Crippen molar-refractivity contribution < 1.29 is 9.53 Å². The van der Waals surface area contributed by atoms with Gasteiger partial charge in [-0.05, 0) is 36.4 Å². The lowest BCUT2D eigenvalue weighted by Gasteiger charge is -2.09. The van der Waals surface area contributed by atoms with Crippen molar-refractivity contribution in [2.24, 2.45) is 0 Å². The molecule has 0 atom stereocenters. The molecule has 2 aromatic rings. The van der Waals surface area contributed by atoms with Gasteiger partial charge in [-0.3, -0.25) is 4.79 Å². The number of halogens is 1. The van der Waals surface area contributed by atoms with Crippen LogP contribution < -0.4 is 10.1 Å². The van der Waals surface area contributed by atoms with Crippen LogP contribution in [0.2, 0.25) is 0 Å². The van der Waals surface area contributed by atoms with Crippen LogP contribution in [0, 0.1) is 0 Å². The fourth-order valence-electron chi connectivity index (χ4n) is 1.90. The number of thiocarbonyl (C=S) groups is 1. The first kappa shape index (κ1) is 15.3. The van der Waals surface area contributed by atoms with E-state index in [0.29, 0.717) is 15.0 Å². The highest BCUT2D eigenvalue weighted by Crippen LogP contribution is 2.33. The summed E-state index contributed by atoms with van der Waals surface area (Å²) in [5.41, 5.74) is 0.806. The number of rotatable bonds is 3. The van der Waals surface area contributed by atoms with Crippen LogP contribution in [0.1, 0.15) is 5.56 Å². The number of benzene rings is 2. The molecular formula is C16H10BrNO2S2. The Kier molecular flexibility index (Phi) is 4.61. The van der Waals surface area contributed by atoms with Crippen molar-refractivity contribution in [3.63, 3.8) is 0 Å². The summed E-state index contributed by atoms with van der Waals surface area (Å²) in [4.78, 5) is 12.4. The fourth-order valence-corrected chi connectivity index (χ4v) is 3.32. The van der Waals surface area contributed by atoms with Crippen molar-refractivity contribution >= 4 is 56.2 Å². The van der Waals surface area contributed by atoms with E-state index in [1.807, 2.05) is 48.5 Å². The third kappa shape index (κ3) is 3.58. The molecule has 22 heavy (non-hydrogen) atoms. The molecule has 0 aromatic heterocycles. The molecule has 1 aliphatic heterocycles. The molecule has 3 nitrogen and oxygen atoms in total. The van der Waals surface area contributed by atoms with E-state index in [0.717, 1.165) is 15.8 Å². The molecule has 110 valence electrons. The normalized spacial score (nSPS) is 16.0. The first-order chi connectivity index (χ1) is 10.6. The Morgan fingerprint density at radius 2 is 1.95 bits per heavy atom. The van der Waals surface area contributed by atoms with Gasteiger partial charge in [0.15, 0.2) is 0 Å². The van der Waals surface area contributed by atoms with Crippen LogP contribution in [0.3, 0.4) is 0 Å². The van der Waals surface area contributed by atoms with Crippen molar-refractivity contribution in [2.75, 3.05) is 0 Å². The standard InChI is InChI=1S/C16H10BrNO2S2/c17-11-6-7-13(20-12-4-2-1-3-5-12)10(8-11)9-14-15(19)18-16(21)22-14/h1-9H,(H,18,19,21). The second kappa shape index (κ2) is 6.64. The van der Waals surface area contributed by atoms with Crippen molar-refractivity contribution in [2.45, 2.75) is 0 Å². The third-order valence-electron chi connectivity index (χ3n) is 2.87. The number of thioether (sulfide) groups is 1. The van der Waals surface area contributed by atoms with E-state index >= 15 is 0 Å². The van der Waals surface area contributed by atoms with E-state index in [9.17, 15) is 4.79 Å². The van der Waals surface area contributed by atoms with Crippen LogP contribution in [0.5, 0.6) is 11.5 Å². The largest absolute Gasteiger partial charge is 0.457 e. The van der Waals surface area contributed by atoms with E-state index in [-0.39, 0.29) is 5.91 Å². The van der Waals surface area contributed by atoms with E-state index in [2.05, 4.69) is 21.2 Å². The van der Waals surface area contributed by atoms with Crippen molar-refractivity contribution in [3.8, 4) is 11.5 Å². The molecule has 1 N–H and O–H groups in total. The number of amides is 1. The van der Waals surface area contributed by atoms with Gasteiger partial charge < -0.3 is 10.1 Å². The van der Waals surface area contributed by atoms with Crippen molar-refractivity contribution in [3.05, 3.63) is 63.5 Å². The van der Waals surface area contributed by atoms with Crippen LogP contribution in [0.25, 0.3) is 6.08 Å². The SMILES string of the molecule is O=C1NC(=S)SC1=Cc1cc(Br)ccc1Oc1ccccc1. The van der Waals surface area contributed by atoms with Gasteiger partial charge in [-0.15, -0.1) is 0 Å². The van der Waals surface area contributed by atoms with Gasteiger partial charge in [-0.2, -0.15) is 0 Å². The lowest BCUT2D eigenvalue weighted by molar-refractivity contribution is -0.115. The van der Waals surface area contributed by atoms with Crippen molar-refractivity contribution in [1.82, 2.24) is 5.32 Å². The van der Waals surface area contributed by atoms with Gasteiger partial charge in [-0.25, -0.2) is 0 Å². The quantitative estimate of drug-likeness (QED) is 0.606. The molecule has 0 radical (unpaired) electrons. The Balaban J connectivity index is 1.96. The Morgan fingerprint density at radius 3 is 2.64 bits per heavy atom. The van der Waals surface area contributed by atoms with Gasteiger partial charge in [0, 0.05) is 10.0 Å². The molecule has 3 rings (SSSR count). The van der Waals surface area contributed by atoms with Gasteiger partial charge in [0.25, 0.3) is 5.91 Å². The predicted molar refractivity (Wildman–Crippen MR) is 97.0 cm³/mol. The maximum atomic E-state index is 11.8. The minimum absolute atomic E-state index is 0.180. The minimum Gasteiger partial charge on any atom is -0.457 e. The summed E-state index contributed by atoms with van der Waals surface area (Å²) in [5.74, 6) is 1.23. The number of ether oxygens (including phenoxy) is 1. The third-order valence-corrected chi connectivity index (χ3v) is 4.53. The maximum Gasteiger partial charge on any atom is 0.263 e. The second-order valence-corrected chi connectivity index (χ2v) is 7.08. The van der Waals surface area contributed by atoms with Crippen LogP contribution in [-0.4, -0.2) is 10.2 Å². The number of carbonyl (C=O) groups is 1. The smallest absolute Gasteiger partial charge is 0.263 e. The lowest BCUT2D eigenvalue weighted by Crippen LogP contribution is -2.17. The molecule has 1 fully saturated rings. The maximum absolute atomic E-state index is 11.8.